The van der Waals surface area contributed by atoms with Gasteiger partial charge >= 0.3 is 0 Å². The van der Waals surface area contributed by atoms with Gasteiger partial charge in [0, 0.05) is 11.1 Å². The molecule has 2 heteroatoms. The molecule has 0 saturated carbocycles. The zero-order valence-corrected chi connectivity index (χ0v) is 29.5. The van der Waals surface area contributed by atoms with Gasteiger partial charge in [0.1, 0.15) is 0 Å². The molecule has 0 aliphatic carbocycles. The van der Waals surface area contributed by atoms with Crippen molar-refractivity contribution in [3.05, 3.63) is 211 Å². The summed E-state index contributed by atoms with van der Waals surface area (Å²) in [6.07, 6.45) is 4.31. The maximum atomic E-state index is 9.05. The molecule has 0 radical (unpaired) electrons. The van der Waals surface area contributed by atoms with E-state index in [0.29, 0.717) is 0 Å². The van der Waals surface area contributed by atoms with E-state index in [1.807, 2.05) is 30.3 Å². The van der Waals surface area contributed by atoms with Gasteiger partial charge in [-0.1, -0.05) is 188 Å². The Morgan fingerprint density at radius 2 is 0.889 bits per heavy atom. The van der Waals surface area contributed by atoms with Gasteiger partial charge in [-0.15, -0.1) is 0 Å². The Hall–Kier alpha value is -7.16. The SMILES string of the molecule is N=C(N=C(/C=C/c1c2ccccc2c(-c2c3ccccc3cc3c2ccc2ccccc23)c2ccccc12)c1cccc2ccccc12)c1ccccc1. The summed E-state index contributed by atoms with van der Waals surface area (Å²) in [6, 6.07) is 66.5. The molecule has 0 fully saturated rings. The fourth-order valence-electron chi connectivity index (χ4n) is 8.28. The van der Waals surface area contributed by atoms with Gasteiger partial charge in [-0.05, 0) is 93.5 Å². The lowest BCUT2D eigenvalue weighted by atomic mass is 9.83. The van der Waals surface area contributed by atoms with Crippen LogP contribution in [0.5, 0.6) is 0 Å². The number of nitrogens with one attached hydrogen (secondary N) is 1. The van der Waals surface area contributed by atoms with Crippen LogP contribution in [0.3, 0.4) is 0 Å². The van der Waals surface area contributed by atoms with E-state index in [1.54, 1.807) is 0 Å². The molecule has 0 aromatic heterocycles. The van der Waals surface area contributed by atoms with Gasteiger partial charge in [-0.25, -0.2) is 4.99 Å². The number of nitrogens with zero attached hydrogens (tertiary/aromatic N) is 1. The predicted octanol–water partition coefficient (Wildman–Crippen LogP) is 13.8. The summed E-state index contributed by atoms with van der Waals surface area (Å²) < 4.78 is 0. The van der Waals surface area contributed by atoms with Crippen LogP contribution < -0.4 is 0 Å². The maximum Gasteiger partial charge on any atom is 0.152 e. The molecular formula is C52H34N2. The van der Waals surface area contributed by atoms with Gasteiger partial charge in [-0.2, -0.15) is 0 Å². The van der Waals surface area contributed by atoms with Crippen LogP contribution in [0.2, 0.25) is 0 Å². The standard InChI is InChI=1S/C52H34N2/c53-52(36-17-2-1-3-18-36)54-49(44-28-14-20-34-15-4-7-21-38(34)44)32-31-43-41-24-10-12-26-45(41)51(46-27-13-11-25-42(43)46)50-40-23-9-6-19-37(40)33-48-39-22-8-5-16-35(39)29-30-47(48)50/h1-33,53H/b32-31+,53-52?,54-49?. The molecule has 0 amide bonds. The Balaban J connectivity index is 1.26. The predicted molar refractivity (Wildman–Crippen MR) is 232 cm³/mol. The number of benzene rings is 10. The highest BCUT2D eigenvalue weighted by Gasteiger charge is 2.19. The highest BCUT2D eigenvalue weighted by molar-refractivity contribution is 6.29. The van der Waals surface area contributed by atoms with E-state index >= 15 is 0 Å². The van der Waals surface area contributed by atoms with Gasteiger partial charge in [0.15, 0.2) is 5.84 Å². The van der Waals surface area contributed by atoms with Gasteiger partial charge in [0.05, 0.1) is 5.71 Å². The van der Waals surface area contributed by atoms with Crippen molar-refractivity contribution in [2.75, 3.05) is 0 Å². The van der Waals surface area contributed by atoms with Crippen LogP contribution in [0.25, 0.3) is 81.8 Å². The Bertz CT molecular complexity index is 3110. The minimum absolute atomic E-state index is 0.226. The maximum absolute atomic E-state index is 9.05. The molecule has 0 heterocycles. The summed E-state index contributed by atoms with van der Waals surface area (Å²) in [5.41, 5.74) is 6.13. The van der Waals surface area contributed by atoms with Crippen molar-refractivity contribution >= 4 is 82.3 Å². The van der Waals surface area contributed by atoms with Crippen molar-refractivity contribution in [1.82, 2.24) is 0 Å². The number of allylic oxidation sites excluding steroid dienone is 1. The zero-order chi connectivity index (χ0) is 36.0. The third-order valence-corrected chi connectivity index (χ3v) is 10.7. The Kier molecular flexibility index (Phi) is 7.66. The minimum Gasteiger partial charge on any atom is -0.282 e. The molecule has 54 heavy (non-hydrogen) atoms. The first-order valence-electron chi connectivity index (χ1n) is 18.4. The van der Waals surface area contributed by atoms with Gasteiger partial charge in [-0.3, -0.25) is 5.41 Å². The summed E-state index contributed by atoms with van der Waals surface area (Å²) in [7, 11) is 0. The molecule has 0 aliphatic rings. The summed E-state index contributed by atoms with van der Waals surface area (Å²) in [5, 5.41) is 23.5. The van der Waals surface area contributed by atoms with Crippen molar-refractivity contribution < 1.29 is 0 Å². The van der Waals surface area contributed by atoms with Crippen LogP contribution in [0, 0.1) is 5.41 Å². The molecule has 10 rings (SSSR count). The molecule has 1 N–H and O–H groups in total. The monoisotopic (exact) mass is 686 g/mol. The van der Waals surface area contributed by atoms with Crippen LogP contribution in [-0.2, 0) is 0 Å². The molecule has 10 aromatic carbocycles. The summed E-state index contributed by atoms with van der Waals surface area (Å²) >= 11 is 0. The lowest BCUT2D eigenvalue weighted by Crippen LogP contribution is -2.04. The topological polar surface area (TPSA) is 36.2 Å². The van der Waals surface area contributed by atoms with E-state index in [0.717, 1.165) is 33.2 Å². The Morgan fingerprint density at radius 1 is 0.389 bits per heavy atom. The van der Waals surface area contributed by atoms with Crippen molar-refractivity contribution in [2.24, 2.45) is 4.99 Å². The van der Waals surface area contributed by atoms with E-state index < -0.39 is 0 Å². The normalized spacial score (nSPS) is 12.2. The van der Waals surface area contributed by atoms with E-state index in [2.05, 4.69) is 170 Å². The minimum atomic E-state index is 0.226. The lowest BCUT2D eigenvalue weighted by molar-refractivity contribution is 1.42. The third-order valence-electron chi connectivity index (χ3n) is 10.7. The largest absolute Gasteiger partial charge is 0.282 e. The van der Waals surface area contributed by atoms with Gasteiger partial charge < -0.3 is 0 Å². The van der Waals surface area contributed by atoms with E-state index in [4.69, 9.17) is 10.4 Å². The second-order valence-corrected chi connectivity index (χ2v) is 13.8. The first-order valence-corrected chi connectivity index (χ1v) is 18.4. The number of amidine groups is 1. The average molecular weight is 687 g/mol. The lowest BCUT2D eigenvalue weighted by Gasteiger charge is -2.20. The molecule has 0 saturated heterocycles. The fraction of sp³-hybridized carbons (Fsp3) is 0. The van der Waals surface area contributed by atoms with Crippen molar-refractivity contribution in [3.8, 4) is 11.1 Å². The van der Waals surface area contributed by atoms with Crippen LogP contribution in [0.15, 0.2) is 199 Å². The van der Waals surface area contributed by atoms with Crippen molar-refractivity contribution in [2.45, 2.75) is 0 Å². The van der Waals surface area contributed by atoms with E-state index in [9.17, 15) is 0 Å². The second-order valence-electron chi connectivity index (χ2n) is 13.8. The van der Waals surface area contributed by atoms with Gasteiger partial charge in [0.2, 0.25) is 0 Å². The molecule has 2 nitrogen and oxygen atoms in total. The third kappa shape index (κ3) is 5.27. The highest BCUT2D eigenvalue weighted by atomic mass is 14.8. The molecule has 10 aromatic rings. The quantitative estimate of drug-likeness (QED) is 0.0810. The molecule has 0 spiro atoms. The van der Waals surface area contributed by atoms with Crippen LogP contribution >= 0.6 is 0 Å². The first-order chi connectivity index (χ1) is 26.7. The smallest absolute Gasteiger partial charge is 0.152 e. The van der Waals surface area contributed by atoms with Crippen LogP contribution in [-0.4, -0.2) is 11.5 Å². The van der Waals surface area contributed by atoms with Gasteiger partial charge in [0.25, 0.3) is 0 Å². The number of hydrogen-bond acceptors (Lipinski definition) is 1. The van der Waals surface area contributed by atoms with Crippen molar-refractivity contribution in [1.29, 1.82) is 5.41 Å². The molecule has 0 aliphatic heterocycles. The van der Waals surface area contributed by atoms with E-state index in [-0.39, 0.29) is 5.84 Å². The van der Waals surface area contributed by atoms with Crippen LogP contribution in [0.1, 0.15) is 16.7 Å². The first kappa shape index (κ1) is 31.6. The highest BCUT2D eigenvalue weighted by Crippen LogP contribution is 2.46. The molecule has 0 atom stereocenters. The average Bonchev–Trinajstić information content (AvgIpc) is 3.24. The number of aliphatic imine (C=N–C) groups is 1. The Morgan fingerprint density at radius 3 is 1.59 bits per heavy atom. The Labute approximate surface area is 313 Å². The number of hydrogen-bond donors (Lipinski definition) is 1. The number of rotatable bonds is 5. The molecule has 0 bridgehead atoms. The van der Waals surface area contributed by atoms with Crippen LogP contribution in [0.4, 0.5) is 0 Å². The molecule has 0 unspecified atom stereocenters. The van der Waals surface area contributed by atoms with E-state index in [1.165, 1.54) is 65.0 Å². The fourth-order valence-corrected chi connectivity index (χ4v) is 8.28. The number of fused-ring (bicyclic) bond motifs is 7. The summed E-state index contributed by atoms with van der Waals surface area (Å²) in [5.74, 6) is 0.226. The summed E-state index contributed by atoms with van der Waals surface area (Å²) in [4.78, 5) is 5.01. The molecular weight excluding hydrogens is 653 g/mol. The second kappa shape index (κ2) is 13.1. The molecule has 252 valence electrons. The zero-order valence-electron chi connectivity index (χ0n) is 29.5. The summed E-state index contributed by atoms with van der Waals surface area (Å²) in [6.45, 7) is 0. The van der Waals surface area contributed by atoms with Crippen molar-refractivity contribution in [3.63, 3.8) is 0 Å².